The molecule has 0 bridgehead atoms. The first kappa shape index (κ1) is 10.3. The van der Waals surface area contributed by atoms with Crippen molar-refractivity contribution in [3.05, 3.63) is 36.4 Å². The van der Waals surface area contributed by atoms with Crippen LogP contribution in [0.1, 0.15) is 0 Å². The van der Waals surface area contributed by atoms with Crippen LogP contribution in [-0.4, -0.2) is 5.26 Å². The molecule has 0 aliphatic rings. The molecule has 5 heteroatoms. The summed E-state index contributed by atoms with van der Waals surface area (Å²) < 4.78 is 4.34. The fraction of sp³-hybridized carbons (Fsp3) is 0. The lowest BCUT2D eigenvalue weighted by Gasteiger charge is -2.12. The van der Waals surface area contributed by atoms with Crippen LogP contribution in [0, 0.1) is 0 Å². The van der Waals surface area contributed by atoms with E-state index in [1.54, 1.807) is 24.3 Å². The monoisotopic (exact) mass is 223 g/mol. The molecule has 0 aliphatic carbocycles. The van der Waals surface area contributed by atoms with Crippen LogP contribution in [0.25, 0.3) is 10.8 Å². The van der Waals surface area contributed by atoms with Crippen LogP contribution in [0.5, 0.6) is 5.75 Å². The number of rotatable bonds is 3. The molecule has 0 spiro atoms. The Balaban J connectivity index is 2.51. The molecule has 0 amide bonds. The van der Waals surface area contributed by atoms with Gasteiger partial charge in [0.1, 0.15) is 0 Å². The predicted octanol–water partition coefficient (Wildman–Crippen LogP) is 2.34. The van der Waals surface area contributed by atoms with Gasteiger partial charge in [-0.15, -0.1) is 10.1 Å². The minimum atomic E-state index is -0.0418. The molecule has 0 atom stereocenters. The maximum absolute atomic E-state index is 11.5. The van der Waals surface area contributed by atoms with Gasteiger partial charge in [0.25, 0.3) is 0 Å². The molecular formula is C10H7O4S-. The molecule has 1 N–H and O–H groups in total. The van der Waals surface area contributed by atoms with Gasteiger partial charge in [0, 0.05) is 4.90 Å². The lowest BCUT2D eigenvalue weighted by Crippen LogP contribution is -1.91. The van der Waals surface area contributed by atoms with Crippen LogP contribution < -0.4 is 5.11 Å². The van der Waals surface area contributed by atoms with Crippen LogP contribution in [0.3, 0.4) is 0 Å². The number of benzene rings is 2. The molecule has 4 nitrogen and oxygen atoms in total. The van der Waals surface area contributed by atoms with E-state index in [4.69, 9.17) is 5.26 Å². The van der Waals surface area contributed by atoms with Crippen molar-refractivity contribution in [1.82, 2.24) is 0 Å². The molecule has 0 heterocycles. The van der Waals surface area contributed by atoms with E-state index in [-0.39, 0.29) is 5.75 Å². The number of fused-ring (bicyclic) bond motifs is 1. The van der Waals surface area contributed by atoms with Gasteiger partial charge < -0.3 is 5.11 Å². The van der Waals surface area contributed by atoms with Gasteiger partial charge in [-0.1, -0.05) is 35.4 Å². The van der Waals surface area contributed by atoms with Crippen molar-refractivity contribution >= 4 is 22.8 Å². The molecule has 15 heavy (non-hydrogen) atoms. The summed E-state index contributed by atoms with van der Waals surface area (Å²) in [7, 11) is 0. The summed E-state index contributed by atoms with van der Waals surface area (Å²) in [5.41, 5.74) is 0. The number of hydrogen-bond donors (Lipinski definition) is 1. The fourth-order valence-electron chi connectivity index (χ4n) is 1.37. The standard InChI is InChI=1S/C10H8O4S/c11-9-5-6-10(15-14-13-12)8-4-2-1-3-7(8)9/h1-6,11-12H/p-1. The Bertz CT molecular complexity index is 472. The second-order valence-corrected chi connectivity index (χ2v) is 3.58. The quantitative estimate of drug-likeness (QED) is 0.491. The Labute approximate surface area is 90.1 Å². The zero-order chi connectivity index (χ0) is 10.7. The highest BCUT2D eigenvalue weighted by Gasteiger charge is 2.02. The summed E-state index contributed by atoms with van der Waals surface area (Å²) in [5, 5.41) is 24.4. The van der Waals surface area contributed by atoms with Gasteiger partial charge in [0.2, 0.25) is 0 Å². The van der Waals surface area contributed by atoms with Crippen LogP contribution in [-0.2, 0) is 9.37 Å². The fourth-order valence-corrected chi connectivity index (χ4v) is 1.86. The Morgan fingerprint density at radius 2 is 1.80 bits per heavy atom. The van der Waals surface area contributed by atoms with Crippen LogP contribution >= 0.6 is 12.0 Å². The third kappa shape index (κ3) is 2.05. The maximum Gasteiger partial charge on any atom is 0.0720 e. The molecule has 2 aromatic carbocycles. The molecular weight excluding hydrogens is 216 g/mol. The summed E-state index contributed by atoms with van der Waals surface area (Å²) in [6.07, 6.45) is 0. The van der Waals surface area contributed by atoms with Gasteiger partial charge in [0.15, 0.2) is 0 Å². The Kier molecular flexibility index (Phi) is 3.08. The van der Waals surface area contributed by atoms with Gasteiger partial charge in [0.05, 0.1) is 12.0 Å². The van der Waals surface area contributed by atoms with E-state index in [1.807, 2.05) is 6.07 Å². The highest BCUT2D eigenvalue weighted by Crippen LogP contribution is 2.32. The molecule has 2 aromatic rings. The van der Waals surface area contributed by atoms with Gasteiger partial charge in [-0.25, -0.2) is 5.26 Å². The molecule has 0 fully saturated rings. The molecule has 0 radical (unpaired) electrons. The Hall–Kier alpha value is -1.27. The first-order chi connectivity index (χ1) is 7.33. The molecule has 0 saturated heterocycles. The largest absolute Gasteiger partial charge is 0.872 e. The lowest BCUT2D eigenvalue weighted by molar-refractivity contribution is -0.432. The molecule has 0 aromatic heterocycles. The van der Waals surface area contributed by atoms with Gasteiger partial charge >= 0.3 is 0 Å². The molecule has 2 rings (SSSR count). The summed E-state index contributed by atoms with van der Waals surface area (Å²) in [5.74, 6) is -0.0418. The van der Waals surface area contributed by atoms with E-state index in [1.165, 1.54) is 6.07 Å². The second-order valence-electron chi connectivity index (χ2n) is 2.83. The van der Waals surface area contributed by atoms with Gasteiger partial charge in [-0.05, 0) is 16.8 Å². The summed E-state index contributed by atoms with van der Waals surface area (Å²) in [6.45, 7) is 0. The highest BCUT2D eigenvalue weighted by atomic mass is 32.2. The average Bonchev–Trinajstić information content (AvgIpc) is 2.29. The van der Waals surface area contributed by atoms with Crippen LogP contribution in [0.15, 0.2) is 41.3 Å². The van der Waals surface area contributed by atoms with Crippen molar-refractivity contribution < 1.29 is 19.7 Å². The van der Waals surface area contributed by atoms with Crippen molar-refractivity contribution in [3.8, 4) is 5.75 Å². The van der Waals surface area contributed by atoms with E-state index >= 15 is 0 Å². The average molecular weight is 223 g/mol. The molecule has 0 saturated carbocycles. The number of hydrogen-bond acceptors (Lipinski definition) is 5. The van der Waals surface area contributed by atoms with Gasteiger partial charge in [-0.3, -0.25) is 0 Å². The van der Waals surface area contributed by atoms with Gasteiger partial charge in [-0.2, -0.15) is 0 Å². The van der Waals surface area contributed by atoms with Crippen LogP contribution in [0.2, 0.25) is 0 Å². The maximum atomic E-state index is 11.5. The molecule has 78 valence electrons. The minimum Gasteiger partial charge on any atom is -0.872 e. The first-order valence-electron chi connectivity index (χ1n) is 4.16. The first-order valence-corrected chi connectivity index (χ1v) is 4.90. The van der Waals surface area contributed by atoms with Crippen molar-refractivity contribution in [2.24, 2.45) is 0 Å². The Morgan fingerprint density at radius 3 is 2.53 bits per heavy atom. The van der Waals surface area contributed by atoms with E-state index in [2.05, 4.69) is 9.37 Å². The van der Waals surface area contributed by atoms with Crippen molar-refractivity contribution in [2.75, 3.05) is 0 Å². The zero-order valence-electron chi connectivity index (χ0n) is 7.54. The van der Waals surface area contributed by atoms with Crippen molar-refractivity contribution in [3.63, 3.8) is 0 Å². The van der Waals surface area contributed by atoms with Crippen LogP contribution in [0.4, 0.5) is 0 Å². The zero-order valence-corrected chi connectivity index (χ0v) is 8.36. The van der Waals surface area contributed by atoms with E-state index in [9.17, 15) is 5.11 Å². The van der Waals surface area contributed by atoms with E-state index in [0.29, 0.717) is 10.3 Å². The summed E-state index contributed by atoms with van der Waals surface area (Å²) >= 11 is 0.847. The van der Waals surface area contributed by atoms with Crippen molar-refractivity contribution in [2.45, 2.75) is 4.90 Å². The second kappa shape index (κ2) is 4.50. The smallest absolute Gasteiger partial charge is 0.0720 e. The Morgan fingerprint density at radius 1 is 1.07 bits per heavy atom. The highest BCUT2D eigenvalue weighted by molar-refractivity contribution is 7.94. The SMILES string of the molecule is [O-]c1ccc(SOOO)c2ccccc12. The summed E-state index contributed by atoms with van der Waals surface area (Å²) in [6, 6.07) is 10.2. The third-order valence-corrected chi connectivity index (χ3v) is 2.66. The van der Waals surface area contributed by atoms with E-state index in [0.717, 1.165) is 17.4 Å². The molecule has 0 unspecified atom stereocenters. The predicted molar refractivity (Wildman–Crippen MR) is 54.0 cm³/mol. The normalized spacial score (nSPS) is 10.7. The minimum absolute atomic E-state index is 0.0418. The third-order valence-electron chi connectivity index (χ3n) is 2.00. The lowest BCUT2D eigenvalue weighted by atomic mass is 10.1. The topological polar surface area (TPSA) is 61.8 Å². The van der Waals surface area contributed by atoms with Crippen molar-refractivity contribution in [1.29, 1.82) is 0 Å². The summed E-state index contributed by atoms with van der Waals surface area (Å²) in [4.78, 5) is 0.708. The van der Waals surface area contributed by atoms with E-state index < -0.39 is 0 Å². The molecule has 0 aliphatic heterocycles.